The van der Waals surface area contributed by atoms with E-state index < -0.39 is 0 Å². The third kappa shape index (κ3) is 1.35. The van der Waals surface area contributed by atoms with Gasteiger partial charge in [0.25, 0.3) is 0 Å². The van der Waals surface area contributed by atoms with Crippen molar-refractivity contribution in [2.24, 2.45) is 0 Å². The Morgan fingerprint density at radius 3 is 2.77 bits per heavy atom. The number of para-hydroxylation sites is 1. The van der Waals surface area contributed by atoms with Crippen LogP contribution in [0.25, 0.3) is 10.9 Å². The smallest absolute Gasteiger partial charge is 0.0483 e. The van der Waals surface area contributed by atoms with Crippen LogP contribution in [0.2, 0.25) is 0 Å². The Morgan fingerprint density at radius 1 is 1.31 bits per heavy atom. The average molecular weight is 191 g/mol. The normalized spacial score (nSPS) is 10.9. The second-order valence-corrected chi connectivity index (χ2v) is 3.43. The Bertz CT molecular complexity index is 379. The Labute approximate surface area is 83.8 Å². The van der Waals surface area contributed by atoms with Crippen LogP contribution in [0.3, 0.4) is 0 Å². The van der Waals surface area contributed by atoms with Crippen molar-refractivity contribution >= 4 is 23.5 Å². The van der Waals surface area contributed by atoms with Crippen molar-refractivity contribution in [1.82, 2.24) is 4.57 Å². The first kappa shape index (κ1) is 8.70. The summed E-state index contributed by atoms with van der Waals surface area (Å²) in [6, 6.07) is 8.48. The number of nitrogens with zero attached hydrogens (tertiary/aromatic N) is 1. The second kappa shape index (κ2) is 3.46. The number of thiol groups is 1. The zero-order valence-corrected chi connectivity index (χ0v) is 8.59. The molecular weight excluding hydrogens is 178 g/mol. The lowest BCUT2D eigenvalue weighted by Gasteiger charge is -1.98. The summed E-state index contributed by atoms with van der Waals surface area (Å²) in [4.78, 5) is 0. The Kier molecular flexibility index (Phi) is 2.32. The molecule has 0 radical (unpaired) electrons. The molecule has 0 saturated carbocycles. The topological polar surface area (TPSA) is 4.93 Å². The van der Waals surface area contributed by atoms with E-state index in [-0.39, 0.29) is 0 Å². The fourth-order valence-corrected chi connectivity index (χ4v) is 1.96. The van der Waals surface area contributed by atoms with Gasteiger partial charge in [-0.3, -0.25) is 0 Å². The highest BCUT2D eigenvalue weighted by atomic mass is 32.1. The molecular formula is C11H13NS. The second-order valence-electron chi connectivity index (χ2n) is 3.12. The van der Waals surface area contributed by atoms with Crippen molar-refractivity contribution in [2.75, 3.05) is 0 Å². The maximum Gasteiger partial charge on any atom is 0.0483 e. The summed E-state index contributed by atoms with van der Waals surface area (Å²) in [7, 11) is 0. The van der Waals surface area contributed by atoms with Crippen LogP contribution in [-0.4, -0.2) is 4.57 Å². The summed E-state index contributed by atoms with van der Waals surface area (Å²) in [5.74, 6) is 0.813. The minimum Gasteiger partial charge on any atom is -0.347 e. The first-order valence-corrected chi connectivity index (χ1v) is 5.17. The number of hydrogen-bond acceptors (Lipinski definition) is 1. The van der Waals surface area contributed by atoms with Gasteiger partial charge in [0.15, 0.2) is 0 Å². The van der Waals surface area contributed by atoms with Crippen molar-refractivity contribution in [3.05, 3.63) is 36.0 Å². The van der Waals surface area contributed by atoms with Crippen LogP contribution in [0.5, 0.6) is 0 Å². The van der Waals surface area contributed by atoms with Crippen molar-refractivity contribution in [3.8, 4) is 0 Å². The molecule has 1 aromatic heterocycles. The molecule has 0 aliphatic rings. The summed E-state index contributed by atoms with van der Waals surface area (Å²) in [5.41, 5.74) is 2.63. The van der Waals surface area contributed by atoms with Crippen molar-refractivity contribution in [1.29, 1.82) is 0 Å². The van der Waals surface area contributed by atoms with Crippen LogP contribution in [0.4, 0.5) is 0 Å². The van der Waals surface area contributed by atoms with Crippen molar-refractivity contribution in [2.45, 2.75) is 19.2 Å². The molecule has 0 bridgehead atoms. The van der Waals surface area contributed by atoms with E-state index in [1.165, 1.54) is 16.5 Å². The highest BCUT2D eigenvalue weighted by Gasteiger charge is 2.04. The van der Waals surface area contributed by atoms with Crippen LogP contribution in [0.15, 0.2) is 30.5 Å². The molecule has 0 aliphatic heterocycles. The molecule has 1 heterocycles. The Balaban J connectivity index is 2.74. The number of aryl methyl sites for hydroxylation is 1. The van der Waals surface area contributed by atoms with Crippen LogP contribution in [0.1, 0.15) is 12.5 Å². The monoisotopic (exact) mass is 191 g/mol. The third-order valence-corrected chi connectivity index (χ3v) is 2.72. The van der Waals surface area contributed by atoms with Gasteiger partial charge in [0, 0.05) is 29.4 Å². The molecule has 13 heavy (non-hydrogen) atoms. The molecule has 0 atom stereocenters. The largest absolute Gasteiger partial charge is 0.347 e. The molecule has 0 spiro atoms. The van der Waals surface area contributed by atoms with E-state index in [0.29, 0.717) is 0 Å². The van der Waals surface area contributed by atoms with Gasteiger partial charge in [0.05, 0.1) is 0 Å². The van der Waals surface area contributed by atoms with E-state index in [2.05, 4.69) is 54.6 Å². The van der Waals surface area contributed by atoms with Gasteiger partial charge in [-0.05, 0) is 18.6 Å². The molecule has 0 unspecified atom stereocenters. The maximum absolute atomic E-state index is 4.32. The minimum atomic E-state index is 0.813. The summed E-state index contributed by atoms with van der Waals surface area (Å²) < 4.78 is 2.26. The minimum absolute atomic E-state index is 0.813. The molecule has 0 amide bonds. The molecule has 1 aromatic carbocycles. The van der Waals surface area contributed by atoms with Crippen LogP contribution >= 0.6 is 12.6 Å². The number of benzene rings is 1. The van der Waals surface area contributed by atoms with Crippen LogP contribution in [0, 0.1) is 0 Å². The molecule has 2 heteroatoms. The highest BCUT2D eigenvalue weighted by Crippen LogP contribution is 2.22. The molecule has 0 saturated heterocycles. The van der Waals surface area contributed by atoms with Crippen LogP contribution < -0.4 is 0 Å². The quantitative estimate of drug-likeness (QED) is 0.696. The first-order chi connectivity index (χ1) is 6.36. The maximum atomic E-state index is 4.32. The number of fused-ring (bicyclic) bond motifs is 1. The lowest BCUT2D eigenvalue weighted by molar-refractivity contribution is 0.795. The molecule has 2 aromatic rings. The first-order valence-electron chi connectivity index (χ1n) is 4.54. The fourth-order valence-electron chi connectivity index (χ4n) is 1.71. The van der Waals surface area contributed by atoms with Crippen LogP contribution in [-0.2, 0) is 12.3 Å². The SMILES string of the molecule is CCn1cc(CS)c2ccccc21. The fraction of sp³-hybridized carbons (Fsp3) is 0.273. The third-order valence-electron chi connectivity index (χ3n) is 2.38. The van der Waals surface area contributed by atoms with E-state index in [1.807, 2.05) is 0 Å². The van der Waals surface area contributed by atoms with E-state index in [0.717, 1.165) is 12.3 Å². The molecule has 68 valence electrons. The van der Waals surface area contributed by atoms with E-state index in [9.17, 15) is 0 Å². The van der Waals surface area contributed by atoms with Gasteiger partial charge in [-0.25, -0.2) is 0 Å². The zero-order valence-electron chi connectivity index (χ0n) is 7.70. The Morgan fingerprint density at radius 2 is 2.08 bits per heavy atom. The number of aromatic nitrogens is 1. The van der Waals surface area contributed by atoms with Crippen molar-refractivity contribution in [3.63, 3.8) is 0 Å². The van der Waals surface area contributed by atoms with E-state index >= 15 is 0 Å². The van der Waals surface area contributed by atoms with Gasteiger partial charge in [-0.1, -0.05) is 18.2 Å². The summed E-state index contributed by atoms with van der Waals surface area (Å²) in [6.07, 6.45) is 2.19. The lowest BCUT2D eigenvalue weighted by atomic mass is 10.2. The van der Waals surface area contributed by atoms with Gasteiger partial charge in [-0.15, -0.1) is 0 Å². The molecule has 0 aliphatic carbocycles. The van der Waals surface area contributed by atoms with Gasteiger partial charge >= 0.3 is 0 Å². The van der Waals surface area contributed by atoms with Crippen molar-refractivity contribution < 1.29 is 0 Å². The van der Waals surface area contributed by atoms with Gasteiger partial charge < -0.3 is 4.57 Å². The van der Waals surface area contributed by atoms with Gasteiger partial charge in [-0.2, -0.15) is 12.6 Å². The number of hydrogen-bond donors (Lipinski definition) is 1. The summed E-state index contributed by atoms with van der Waals surface area (Å²) in [6.45, 7) is 3.18. The highest BCUT2D eigenvalue weighted by molar-refractivity contribution is 7.79. The summed E-state index contributed by atoms with van der Waals surface area (Å²) in [5, 5.41) is 1.33. The predicted molar refractivity (Wildman–Crippen MR) is 60.3 cm³/mol. The predicted octanol–water partition coefficient (Wildman–Crippen LogP) is 3.09. The molecule has 1 nitrogen and oxygen atoms in total. The van der Waals surface area contributed by atoms with E-state index in [1.54, 1.807) is 0 Å². The average Bonchev–Trinajstić information content (AvgIpc) is 2.56. The molecule has 2 rings (SSSR count). The number of rotatable bonds is 2. The Hall–Kier alpha value is -0.890. The molecule has 0 fully saturated rings. The van der Waals surface area contributed by atoms with Gasteiger partial charge in [0.2, 0.25) is 0 Å². The van der Waals surface area contributed by atoms with Gasteiger partial charge in [0.1, 0.15) is 0 Å². The zero-order chi connectivity index (χ0) is 9.26. The van der Waals surface area contributed by atoms with E-state index in [4.69, 9.17) is 0 Å². The lowest BCUT2D eigenvalue weighted by Crippen LogP contribution is -1.89. The summed E-state index contributed by atoms with van der Waals surface area (Å²) >= 11 is 4.32. The standard InChI is InChI=1S/C11H13NS/c1-2-12-7-9(8-13)10-5-3-4-6-11(10)12/h3-7,13H,2,8H2,1H3. The molecule has 0 N–H and O–H groups in total.